The molecule has 0 aromatic heterocycles. The van der Waals surface area contributed by atoms with Gasteiger partial charge in [-0.3, -0.25) is 9.59 Å². The lowest BCUT2D eigenvalue weighted by Crippen LogP contribution is -2.41. The van der Waals surface area contributed by atoms with E-state index >= 15 is 0 Å². The van der Waals surface area contributed by atoms with Crippen LogP contribution in [0.5, 0.6) is 5.75 Å². The van der Waals surface area contributed by atoms with Crippen LogP contribution < -0.4 is 10.1 Å². The number of rotatable bonds is 5. The topological polar surface area (TPSA) is 58.6 Å². The molecule has 0 saturated carbocycles. The maximum Gasteiger partial charge on any atom is 0.258 e. The van der Waals surface area contributed by atoms with Crippen molar-refractivity contribution >= 4 is 35.0 Å². The van der Waals surface area contributed by atoms with E-state index < -0.39 is 0 Å². The van der Waals surface area contributed by atoms with Gasteiger partial charge < -0.3 is 15.0 Å². The van der Waals surface area contributed by atoms with Gasteiger partial charge in [0, 0.05) is 18.1 Å². The number of nitrogens with one attached hydrogen (secondary N) is 1. The minimum atomic E-state index is -0.362. The van der Waals surface area contributed by atoms with Crippen LogP contribution in [0.25, 0.3) is 0 Å². The molecule has 1 aromatic carbocycles. The zero-order valence-electron chi connectivity index (χ0n) is 12.8. The lowest BCUT2D eigenvalue weighted by atomic mass is 10.2. The second kappa shape index (κ2) is 8.99. The molecular weight excluding hydrogens is 339 g/mol. The summed E-state index contributed by atoms with van der Waals surface area (Å²) in [5.41, 5.74) is 0. The molecule has 7 heteroatoms. The van der Waals surface area contributed by atoms with Gasteiger partial charge in [-0.15, -0.1) is 0 Å². The van der Waals surface area contributed by atoms with Gasteiger partial charge >= 0.3 is 0 Å². The molecule has 2 rings (SSSR count). The number of halogens is 2. The van der Waals surface area contributed by atoms with Crippen molar-refractivity contribution in [3.05, 3.63) is 28.2 Å². The SMILES string of the molecule is O=C(COc1ccc(Cl)cc1Cl)NCC(=O)N1CCCCCC1. The number of likely N-dealkylation sites (tertiary alicyclic amines) is 1. The van der Waals surface area contributed by atoms with E-state index in [9.17, 15) is 9.59 Å². The first-order valence-electron chi connectivity index (χ1n) is 7.68. The second-order valence-corrected chi connectivity index (χ2v) is 6.28. The van der Waals surface area contributed by atoms with Crippen LogP contribution in [0, 0.1) is 0 Å². The molecule has 0 radical (unpaired) electrons. The molecule has 0 unspecified atom stereocenters. The summed E-state index contributed by atoms with van der Waals surface area (Å²) in [4.78, 5) is 25.6. The standard InChI is InChI=1S/C16H20Cl2N2O3/c17-12-5-6-14(13(18)9-12)23-11-15(21)19-10-16(22)20-7-3-1-2-4-8-20/h5-6,9H,1-4,7-8,10-11H2,(H,19,21). The third-order valence-electron chi connectivity index (χ3n) is 3.65. The number of ether oxygens (including phenoxy) is 1. The molecule has 1 fully saturated rings. The molecule has 126 valence electrons. The zero-order valence-corrected chi connectivity index (χ0v) is 14.3. The summed E-state index contributed by atoms with van der Waals surface area (Å²) in [6, 6.07) is 4.77. The van der Waals surface area contributed by atoms with E-state index in [1.54, 1.807) is 18.2 Å². The number of carbonyl (C=O) groups excluding carboxylic acids is 2. The van der Waals surface area contributed by atoms with Crippen LogP contribution in [0.15, 0.2) is 18.2 Å². The average molecular weight is 359 g/mol. The number of carbonyl (C=O) groups is 2. The highest BCUT2D eigenvalue weighted by Gasteiger charge is 2.16. The van der Waals surface area contributed by atoms with Gasteiger partial charge in [0.2, 0.25) is 5.91 Å². The molecule has 23 heavy (non-hydrogen) atoms. The number of hydrogen-bond acceptors (Lipinski definition) is 3. The van der Waals surface area contributed by atoms with Gasteiger partial charge in [-0.25, -0.2) is 0 Å². The Hall–Kier alpha value is -1.46. The number of hydrogen-bond donors (Lipinski definition) is 1. The highest BCUT2D eigenvalue weighted by Crippen LogP contribution is 2.27. The molecule has 1 heterocycles. The van der Waals surface area contributed by atoms with Crippen LogP contribution in [-0.2, 0) is 9.59 Å². The fourth-order valence-electron chi connectivity index (χ4n) is 2.39. The monoisotopic (exact) mass is 358 g/mol. The van der Waals surface area contributed by atoms with Gasteiger partial charge in [-0.05, 0) is 31.0 Å². The normalized spacial score (nSPS) is 15.0. The summed E-state index contributed by atoms with van der Waals surface area (Å²) >= 11 is 11.7. The molecule has 0 atom stereocenters. The summed E-state index contributed by atoms with van der Waals surface area (Å²) in [5.74, 6) is -0.0333. The fraction of sp³-hybridized carbons (Fsp3) is 0.500. The van der Waals surface area contributed by atoms with Crippen molar-refractivity contribution in [1.29, 1.82) is 0 Å². The number of amides is 2. The minimum Gasteiger partial charge on any atom is -0.482 e. The van der Waals surface area contributed by atoms with E-state index in [0.717, 1.165) is 38.8 Å². The molecule has 1 aliphatic rings. The van der Waals surface area contributed by atoms with Gasteiger partial charge in [-0.1, -0.05) is 36.0 Å². The first-order valence-corrected chi connectivity index (χ1v) is 8.44. The molecule has 0 spiro atoms. The smallest absolute Gasteiger partial charge is 0.258 e. The minimum absolute atomic E-state index is 0.00343. The summed E-state index contributed by atoms with van der Waals surface area (Å²) in [6.07, 6.45) is 4.37. The highest BCUT2D eigenvalue weighted by molar-refractivity contribution is 6.35. The predicted octanol–water partition coefficient (Wildman–Crippen LogP) is 2.89. The van der Waals surface area contributed by atoms with Crippen molar-refractivity contribution in [2.75, 3.05) is 26.2 Å². The third kappa shape index (κ3) is 5.92. The van der Waals surface area contributed by atoms with E-state index in [1.165, 1.54) is 0 Å². The Morgan fingerprint density at radius 1 is 1.13 bits per heavy atom. The average Bonchev–Trinajstić information content (AvgIpc) is 2.81. The van der Waals surface area contributed by atoms with Gasteiger partial charge in [0.25, 0.3) is 5.91 Å². The van der Waals surface area contributed by atoms with Gasteiger partial charge in [-0.2, -0.15) is 0 Å². The summed E-state index contributed by atoms with van der Waals surface area (Å²) < 4.78 is 5.32. The Morgan fingerprint density at radius 2 is 1.83 bits per heavy atom. The van der Waals surface area contributed by atoms with E-state index in [4.69, 9.17) is 27.9 Å². The Bertz CT molecular complexity index is 558. The van der Waals surface area contributed by atoms with Crippen LogP contribution in [0.1, 0.15) is 25.7 Å². The van der Waals surface area contributed by atoms with E-state index in [0.29, 0.717) is 15.8 Å². The van der Waals surface area contributed by atoms with Crippen LogP contribution >= 0.6 is 23.2 Å². The summed E-state index contributed by atoms with van der Waals surface area (Å²) in [5, 5.41) is 3.41. The van der Waals surface area contributed by atoms with Gasteiger partial charge in [0.1, 0.15) is 5.75 Å². The molecule has 5 nitrogen and oxygen atoms in total. The molecule has 1 aromatic rings. The Kier molecular flexibility index (Phi) is 6.99. The Balaban J connectivity index is 1.73. The first kappa shape index (κ1) is 17.9. The van der Waals surface area contributed by atoms with Gasteiger partial charge in [0.15, 0.2) is 6.61 Å². The van der Waals surface area contributed by atoms with Crippen molar-refractivity contribution in [1.82, 2.24) is 10.2 Å². The lowest BCUT2D eigenvalue weighted by molar-refractivity contribution is -0.133. The molecular formula is C16H20Cl2N2O3. The molecule has 1 N–H and O–H groups in total. The number of nitrogens with zero attached hydrogens (tertiary/aromatic N) is 1. The summed E-state index contributed by atoms with van der Waals surface area (Å²) in [7, 11) is 0. The van der Waals surface area contributed by atoms with Crippen LogP contribution in [0.4, 0.5) is 0 Å². The van der Waals surface area contributed by atoms with Crippen LogP contribution in [0.3, 0.4) is 0 Å². The van der Waals surface area contributed by atoms with Gasteiger partial charge in [0.05, 0.1) is 11.6 Å². The molecule has 1 saturated heterocycles. The zero-order chi connectivity index (χ0) is 16.7. The van der Waals surface area contributed by atoms with E-state index in [1.807, 2.05) is 4.90 Å². The van der Waals surface area contributed by atoms with Crippen molar-refractivity contribution in [3.8, 4) is 5.75 Å². The Labute approximate surface area is 145 Å². The van der Waals surface area contributed by atoms with Crippen LogP contribution in [0.2, 0.25) is 10.0 Å². The molecule has 0 bridgehead atoms. The quantitative estimate of drug-likeness (QED) is 0.880. The van der Waals surface area contributed by atoms with Crippen molar-refractivity contribution < 1.29 is 14.3 Å². The van der Waals surface area contributed by atoms with E-state index in [-0.39, 0.29) is 25.0 Å². The lowest BCUT2D eigenvalue weighted by Gasteiger charge is -2.20. The summed E-state index contributed by atoms with van der Waals surface area (Å²) in [6.45, 7) is 1.34. The molecule has 2 amide bonds. The first-order chi connectivity index (χ1) is 11.1. The van der Waals surface area contributed by atoms with Crippen molar-refractivity contribution in [3.63, 3.8) is 0 Å². The van der Waals surface area contributed by atoms with Crippen molar-refractivity contribution in [2.45, 2.75) is 25.7 Å². The third-order valence-corrected chi connectivity index (χ3v) is 4.18. The molecule has 1 aliphatic heterocycles. The Morgan fingerprint density at radius 3 is 2.48 bits per heavy atom. The van der Waals surface area contributed by atoms with Crippen LogP contribution in [-0.4, -0.2) is 43.0 Å². The fourth-order valence-corrected chi connectivity index (χ4v) is 2.86. The molecule has 0 aliphatic carbocycles. The maximum atomic E-state index is 12.1. The highest BCUT2D eigenvalue weighted by atomic mass is 35.5. The van der Waals surface area contributed by atoms with Crippen molar-refractivity contribution in [2.24, 2.45) is 0 Å². The second-order valence-electron chi connectivity index (χ2n) is 5.44. The maximum absolute atomic E-state index is 12.1. The predicted molar refractivity (Wildman–Crippen MR) is 90.0 cm³/mol. The largest absolute Gasteiger partial charge is 0.482 e. The number of benzene rings is 1. The van der Waals surface area contributed by atoms with E-state index in [2.05, 4.69) is 5.32 Å².